The number of benzene rings is 1. The van der Waals surface area contributed by atoms with Crippen LogP contribution in [0.4, 0.5) is 5.69 Å². The summed E-state index contributed by atoms with van der Waals surface area (Å²) in [6.07, 6.45) is -0.320. The van der Waals surface area contributed by atoms with Crippen LogP contribution in [0, 0.1) is 0 Å². The van der Waals surface area contributed by atoms with E-state index in [4.69, 9.17) is 0 Å². The van der Waals surface area contributed by atoms with Gasteiger partial charge in [-0.2, -0.15) is 0 Å². The van der Waals surface area contributed by atoms with Gasteiger partial charge in [-0.3, -0.25) is 9.59 Å². The molecule has 2 heterocycles. The maximum Gasteiger partial charge on any atom is 0.256 e. The fourth-order valence-electron chi connectivity index (χ4n) is 2.46. The molecule has 1 aromatic carbocycles. The summed E-state index contributed by atoms with van der Waals surface area (Å²) in [5.74, 6) is -0.506. The molecule has 3 rings (SSSR count). The van der Waals surface area contributed by atoms with Gasteiger partial charge in [0.1, 0.15) is 6.04 Å². The molecule has 0 bridgehead atoms. The number of para-hydroxylation sites is 1. The van der Waals surface area contributed by atoms with Crippen LogP contribution in [0.25, 0.3) is 0 Å². The van der Waals surface area contributed by atoms with Crippen molar-refractivity contribution in [2.75, 3.05) is 11.9 Å². The Morgan fingerprint density at radius 1 is 1.29 bits per heavy atom. The van der Waals surface area contributed by atoms with E-state index >= 15 is 0 Å². The maximum absolute atomic E-state index is 12.2. The predicted molar refractivity (Wildman–Crippen MR) is 60.5 cm³/mol. The Bertz CT molecular complexity index is 500. The van der Waals surface area contributed by atoms with Crippen LogP contribution in [0.1, 0.15) is 16.8 Å². The zero-order valence-corrected chi connectivity index (χ0v) is 9.09. The highest BCUT2D eigenvalue weighted by molar-refractivity contribution is 6.10. The minimum absolute atomic E-state index is 0.194. The van der Waals surface area contributed by atoms with Crippen LogP contribution in [-0.4, -0.2) is 40.5 Å². The molecule has 5 heteroatoms. The van der Waals surface area contributed by atoms with Crippen molar-refractivity contribution in [1.82, 2.24) is 4.90 Å². The number of anilines is 1. The third-order valence-electron chi connectivity index (χ3n) is 3.31. The molecule has 17 heavy (non-hydrogen) atoms. The fraction of sp³-hybridized carbons (Fsp3) is 0.333. The molecule has 2 aliphatic rings. The van der Waals surface area contributed by atoms with E-state index in [-0.39, 0.29) is 11.8 Å². The standard InChI is InChI=1S/C12H12N2O3/c15-9-5-6-14-10(9)11(16)13-8-4-2-1-3-7(8)12(14)17/h1-4,9-10,15H,5-6H2,(H,13,16)/t9-,10+/m1/s1. The first-order valence-corrected chi connectivity index (χ1v) is 5.57. The molecule has 1 saturated heterocycles. The number of hydrogen-bond donors (Lipinski definition) is 2. The average molecular weight is 232 g/mol. The molecule has 2 aliphatic heterocycles. The van der Waals surface area contributed by atoms with Crippen LogP contribution < -0.4 is 5.32 Å². The Kier molecular flexibility index (Phi) is 2.16. The van der Waals surface area contributed by atoms with Gasteiger partial charge in [0.05, 0.1) is 17.4 Å². The maximum atomic E-state index is 12.2. The lowest BCUT2D eigenvalue weighted by atomic mass is 10.1. The van der Waals surface area contributed by atoms with Crippen LogP contribution in [0.2, 0.25) is 0 Å². The summed E-state index contributed by atoms with van der Waals surface area (Å²) in [6, 6.07) is 6.15. The van der Waals surface area contributed by atoms with Gasteiger partial charge >= 0.3 is 0 Å². The second-order valence-electron chi connectivity index (χ2n) is 4.33. The molecular formula is C12H12N2O3. The van der Waals surface area contributed by atoms with Crippen molar-refractivity contribution < 1.29 is 14.7 Å². The van der Waals surface area contributed by atoms with E-state index in [2.05, 4.69) is 5.32 Å². The van der Waals surface area contributed by atoms with Crippen molar-refractivity contribution in [3.63, 3.8) is 0 Å². The first kappa shape index (κ1) is 10.3. The van der Waals surface area contributed by atoms with E-state index in [1.807, 2.05) is 0 Å². The highest BCUT2D eigenvalue weighted by atomic mass is 16.3. The Labute approximate surface area is 98.0 Å². The minimum atomic E-state index is -0.770. The summed E-state index contributed by atoms with van der Waals surface area (Å²) >= 11 is 0. The normalized spacial score (nSPS) is 27.2. The summed E-state index contributed by atoms with van der Waals surface area (Å²) in [7, 11) is 0. The van der Waals surface area contributed by atoms with Gasteiger partial charge in [0, 0.05) is 6.54 Å². The first-order valence-electron chi connectivity index (χ1n) is 5.57. The van der Waals surface area contributed by atoms with E-state index in [1.54, 1.807) is 24.3 Å². The second kappa shape index (κ2) is 3.56. The number of carbonyl (C=O) groups excluding carboxylic acids is 2. The summed E-state index contributed by atoms with van der Waals surface area (Å²) in [5.41, 5.74) is 1.00. The van der Waals surface area contributed by atoms with Crippen molar-refractivity contribution >= 4 is 17.5 Å². The summed E-state index contributed by atoms with van der Waals surface area (Å²) in [5, 5.41) is 12.5. The third kappa shape index (κ3) is 1.43. The number of nitrogens with one attached hydrogen (secondary N) is 1. The van der Waals surface area contributed by atoms with Crippen LogP contribution >= 0.6 is 0 Å². The zero-order valence-electron chi connectivity index (χ0n) is 9.09. The Hall–Kier alpha value is -1.88. The molecule has 1 aromatic rings. The van der Waals surface area contributed by atoms with E-state index in [0.29, 0.717) is 24.2 Å². The molecule has 0 saturated carbocycles. The Balaban J connectivity index is 2.10. The van der Waals surface area contributed by atoms with Gasteiger partial charge in [0.15, 0.2) is 0 Å². The van der Waals surface area contributed by atoms with Gasteiger partial charge in [0.2, 0.25) is 5.91 Å². The highest BCUT2D eigenvalue weighted by Gasteiger charge is 2.43. The highest BCUT2D eigenvalue weighted by Crippen LogP contribution is 2.28. The molecule has 2 amide bonds. The molecule has 0 aliphatic carbocycles. The number of nitrogens with zero attached hydrogens (tertiary/aromatic N) is 1. The van der Waals surface area contributed by atoms with Gasteiger partial charge in [-0.15, -0.1) is 0 Å². The molecule has 5 nitrogen and oxygen atoms in total. The molecule has 0 aromatic heterocycles. The number of rotatable bonds is 0. The Morgan fingerprint density at radius 3 is 2.88 bits per heavy atom. The molecule has 0 unspecified atom stereocenters. The molecule has 0 radical (unpaired) electrons. The van der Waals surface area contributed by atoms with Gasteiger partial charge in [-0.05, 0) is 18.6 Å². The molecule has 1 fully saturated rings. The molecule has 2 atom stereocenters. The summed E-state index contributed by atoms with van der Waals surface area (Å²) in [4.78, 5) is 25.6. The van der Waals surface area contributed by atoms with E-state index in [0.717, 1.165) is 0 Å². The van der Waals surface area contributed by atoms with Crippen LogP contribution in [-0.2, 0) is 4.79 Å². The number of fused-ring (bicyclic) bond motifs is 2. The van der Waals surface area contributed by atoms with Crippen molar-refractivity contribution in [1.29, 1.82) is 0 Å². The van der Waals surface area contributed by atoms with Crippen molar-refractivity contribution in [2.24, 2.45) is 0 Å². The smallest absolute Gasteiger partial charge is 0.256 e. The van der Waals surface area contributed by atoms with Gasteiger partial charge in [-0.25, -0.2) is 0 Å². The minimum Gasteiger partial charge on any atom is -0.390 e. The number of amides is 2. The molecule has 2 N–H and O–H groups in total. The number of hydrogen-bond acceptors (Lipinski definition) is 3. The lowest BCUT2D eigenvalue weighted by Gasteiger charge is -2.21. The molecular weight excluding hydrogens is 220 g/mol. The first-order chi connectivity index (χ1) is 8.18. The molecule has 88 valence electrons. The monoisotopic (exact) mass is 232 g/mol. The van der Waals surface area contributed by atoms with Crippen LogP contribution in [0.15, 0.2) is 24.3 Å². The largest absolute Gasteiger partial charge is 0.390 e. The van der Waals surface area contributed by atoms with Crippen molar-refractivity contribution in [3.8, 4) is 0 Å². The topological polar surface area (TPSA) is 69.6 Å². The zero-order chi connectivity index (χ0) is 12.0. The van der Waals surface area contributed by atoms with E-state index in [1.165, 1.54) is 4.90 Å². The predicted octanol–water partition coefficient (Wildman–Crippen LogP) is 0.214. The van der Waals surface area contributed by atoms with E-state index in [9.17, 15) is 14.7 Å². The lowest BCUT2D eigenvalue weighted by molar-refractivity contribution is -0.121. The van der Waals surface area contributed by atoms with Gasteiger partial charge in [0.25, 0.3) is 5.91 Å². The summed E-state index contributed by atoms with van der Waals surface area (Å²) in [6.45, 7) is 0.423. The average Bonchev–Trinajstić information content (AvgIpc) is 2.66. The fourth-order valence-corrected chi connectivity index (χ4v) is 2.46. The quantitative estimate of drug-likeness (QED) is 0.672. The lowest BCUT2D eigenvalue weighted by Crippen LogP contribution is -2.45. The number of aliphatic hydroxyl groups is 1. The van der Waals surface area contributed by atoms with Crippen molar-refractivity contribution in [3.05, 3.63) is 29.8 Å². The number of aliphatic hydroxyl groups excluding tert-OH is 1. The summed E-state index contributed by atoms with van der Waals surface area (Å²) < 4.78 is 0. The number of carbonyl (C=O) groups is 2. The van der Waals surface area contributed by atoms with Crippen LogP contribution in [0.3, 0.4) is 0 Å². The third-order valence-corrected chi connectivity index (χ3v) is 3.31. The SMILES string of the molecule is O=C1Nc2ccccc2C(=O)N2CC[C@@H](O)[C@@H]12. The molecule has 0 spiro atoms. The van der Waals surface area contributed by atoms with Gasteiger partial charge < -0.3 is 15.3 Å². The Morgan fingerprint density at radius 2 is 2.06 bits per heavy atom. The van der Waals surface area contributed by atoms with Crippen molar-refractivity contribution in [2.45, 2.75) is 18.6 Å². The second-order valence-corrected chi connectivity index (χ2v) is 4.33. The van der Waals surface area contributed by atoms with Gasteiger partial charge in [-0.1, -0.05) is 12.1 Å². The van der Waals surface area contributed by atoms with Crippen LogP contribution in [0.5, 0.6) is 0 Å². The van der Waals surface area contributed by atoms with E-state index < -0.39 is 12.1 Å².